The molecule has 5 heteroatoms. The Morgan fingerprint density at radius 1 is 1.50 bits per heavy atom. The molecule has 1 heterocycles. The molecule has 1 aromatic rings. The van der Waals surface area contributed by atoms with Crippen LogP contribution in [0.15, 0.2) is 18.2 Å². The van der Waals surface area contributed by atoms with Crippen LogP contribution in [0.2, 0.25) is 5.02 Å². The van der Waals surface area contributed by atoms with Gasteiger partial charge in [-0.2, -0.15) is 0 Å². The third-order valence-corrected chi connectivity index (χ3v) is 4.01. The summed E-state index contributed by atoms with van der Waals surface area (Å²) in [7, 11) is 0. The van der Waals surface area contributed by atoms with Gasteiger partial charge in [-0.15, -0.1) is 12.4 Å². The second-order valence-electron chi connectivity index (χ2n) is 5.84. The molecule has 0 spiro atoms. The maximum Gasteiger partial charge on any atom is 0.243 e. The Morgan fingerprint density at radius 2 is 2.15 bits per heavy atom. The first kappa shape index (κ1) is 17.3. The summed E-state index contributed by atoms with van der Waals surface area (Å²) in [6.07, 6.45) is 1.62. The number of amides is 1. The highest BCUT2D eigenvalue weighted by Crippen LogP contribution is 2.44. The highest BCUT2D eigenvalue weighted by Gasteiger charge is 2.40. The number of halogens is 2. The summed E-state index contributed by atoms with van der Waals surface area (Å²) in [5.41, 5.74) is 7.80. The predicted octanol–water partition coefficient (Wildman–Crippen LogP) is 3.51. The van der Waals surface area contributed by atoms with E-state index in [9.17, 15) is 4.79 Å². The summed E-state index contributed by atoms with van der Waals surface area (Å²) < 4.78 is 0. The van der Waals surface area contributed by atoms with E-state index in [1.807, 2.05) is 25.1 Å². The Bertz CT molecular complexity index is 503. The molecule has 20 heavy (non-hydrogen) atoms. The van der Waals surface area contributed by atoms with Gasteiger partial charge < -0.3 is 10.6 Å². The van der Waals surface area contributed by atoms with Crippen molar-refractivity contribution in [3.63, 3.8) is 0 Å². The zero-order valence-electron chi connectivity index (χ0n) is 12.1. The first-order chi connectivity index (χ1) is 8.88. The monoisotopic (exact) mass is 316 g/mol. The number of carbonyl (C=O) groups is 1. The van der Waals surface area contributed by atoms with Gasteiger partial charge in [0.05, 0.1) is 6.04 Å². The van der Waals surface area contributed by atoms with Crippen molar-refractivity contribution in [3.8, 4) is 0 Å². The van der Waals surface area contributed by atoms with Crippen LogP contribution in [0.5, 0.6) is 0 Å². The molecule has 0 aromatic heterocycles. The molecule has 0 aliphatic carbocycles. The normalized spacial score (nSPS) is 17.4. The van der Waals surface area contributed by atoms with E-state index in [1.165, 1.54) is 0 Å². The van der Waals surface area contributed by atoms with Gasteiger partial charge in [0.1, 0.15) is 0 Å². The summed E-state index contributed by atoms with van der Waals surface area (Å²) in [6.45, 7) is 6.89. The van der Waals surface area contributed by atoms with Crippen molar-refractivity contribution in [1.29, 1.82) is 0 Å². The van der Waals surface area contributed by atoms with Gasteiger partial charge in [-0.05, 0) is 18.6 Å². The minimum absolute atomic E-state index is 0. The molecular weight excluding hydrogens is 295 g/mol. The highest BCUT2D eigenvalue weighted by molar-refractivity contribution is 6.32. The lowest BCUT2D eigenvalue weighted by molar-refractivity contribution is -0.120. The molecule has 1 amide bonds. The lowest BCUT2D eigenvalue weighted by Crippen LogP contribution is -2.44. The summed E-state index contributed by atoms with van der Waals surface area (Å²) in [5.74, 6) is -0.00376. The number of nitrogens with two attached hydrogens (primary N) is 1. The molecule has 0 saturated heterocycles. The highest BCUT2D eigenvalue weighted by atomic mass is 35.5. The Morgan fingerprint density at radius 3 is 2.75 bits per heavy atom. The largest absolute Gasteiger partial charge is 0.320 e. The summed E-state index contributed by atoms with van der Waals surface area (Å²) >= 11 is 6.30. The van der Waals surface area contributed by atoms with Crippen LogP contribution in [0.1, 0.15) is 39.2 Å². The molecule has 0 radical (unpaired) electrons. The number of carbonyl (C=O) groups excluding carboxylic acids is 1. The lowest BCUT2D eigenvalue weighted by Gasteiger charge is -2.23. The van der Waals surface area contributed by atoms with E-state index < -0.39 is 6.04 Å². The predicted molar refractivity (Wildman–Crippen MR) is 87.0 cm³/mol. The van der Waals surface area contributed by atoms with Crippen molar-refractivity contribution in [1.82, 2.24) is 0 Å². The molecule has 1 unspecified atom stereocenters. The maximum absolute atomic E-state index is 12.5. The number of fused-ring (bicyclic) bond motifs is 1. The number of hydrogen-bond acceptors (Lipinski definition) is 2. The molecule has 0 saturated carbocycles. The summed E-state index contributed by atoms with van der Waals surface area (Å²) in [6, 6.07) is 5.29. The molecule has 1 aliphatic heterocycles. The van der Waals surface area contributed by atoms with E-state index in [-0.39, 0.29) is 23.7 Å². The summed E-state index contributed by atoms with van der Waals surface area (Å²) in [5, 5.41) is 0.724. The van der Waals surface area contributed by atoms with Gasteiger partial charge in [0, 0.05) is 28.2 Å². The molecule has 2 N–H and O–H groups in total. The smallest absolute Gasteiger partial charge is 0.243 e. The van der Waals surface area contributed by atoms with Crippen LogP contribution < -0.4 is 10.6 Å². The standard InChI is InChI=1S/C15H21ClN2O.ClH/c1-4-6-11(17)14(19)18-9-15(2,3)13-10(16)7-5-8-12(13)18;/h5,7-8,11H,4,6,9,17H2,1-3H3;1H. The van der Waals surface area contributed by atoms with Gasteiger partial charge in [-0.25, -0.2) is 0 Å². The maximum atomic E-state index is 12.5. The third kappa shape index (κ3) is 2.95. The summed E-state index contributed by atoms with van der Waals surface area (Å²) in [4.78, 5) is 14.2. The number of nitrogens with zero attached hydrogens (tertiary/aromatic N) is 1. The number of anilines is 1. The molecule has 112 valence electrons. The average molecular weight is 317 g/mol. The molecule has 1 aliphatic rings. The lowest BCUT2D eigenvalue weighted by atomic mass is 9.87. The molecule has 1 aromatic carbocycles. The third-order valence-electron chi connectivity index (χ3n) is 3.70. The second-order valence-corrected chi connectivity index (χ2v) is 6.24. The van der Waals surface area contributed by atoms with Gasteiger partial charge in [-0.3, -0.25) is 4.79 Å². The zero-order valence-corrected chi connectivity index (χ0v) is 13.7. The van der Waals surface area contributed by atoms with Gasteiger partial charge in [0.2, 0.25) is 5.91 Å². The fourth-order valence-corrected chi connectivity index (χ4v) is 3.22. The molecular formula is C15H22Cl2N2O. The van der Waals surface area contributed by atoms with E-state index in [4.69, 9.17) is 17.3 Å². The molecule has 2 rings (SSSR count). The van der Waals surface area contributed by atoms with Crippen LogP contribution in [0.4, 0.5) is 5.69 Å². The van der Waals surface area contributed by atoms with Crippen LogP contribution in [-0.4, -0.2) is 18.5 Å². The minimum Gasteiger partial charge on any atom is -0.320 e. The van der Waals surface area contributed by atoms with Crippen LogP contribution in [0.25, 0.3) is 0 Å². The number of rotatable bonds is 3. The van der Waals surface area contributed by atoms with E-state index >= 15 is 0 Å². The van der Waals surface area contributed by atoms with Crippen LogP contribution in [0.3, 0.4) is 0 Å². The van der Waals surface area contributed by atoms with E-state index in [1.54, 1.807) is 4.90 Å². The van der Waals surface area contributed by atoms with Gasteiger partial charge in [-0.1, -0.05) is 44.9 Å². The second kappa shape index (κ2) is 6.33. The molecule has 0 bridgehead atoms. The van der Waals surface area contributed by atoms with Crippen LogP contribution in [0, 0.1) is 0 Å². The number of benzene rings is 1. The fourth-order valence-electron chi connectivity index (χ4n) is 2.80. The van der Waals surface area contributed by atoms with Crippen molar-refractivity contribution in [3.05, 3.63) is 28.8 Å². The Balaban J connectivity index is 0.00000200. The van der Waals surface area contributed by atoms with E-state index in [0.717, 1.165) is 22.7 Å². The average Bonchev–Trinajstić information content (AvgIpc) is 2.62. The van der Waals surface area contributed by atoms with Crippen molar-refractivity contribution in [2.75, 3.05) is 11.4 Å². The van der Waals surface area contributed by atoms with Gasteiger partial charge in [0.15, 0.2) is 0 Å². The Kier molecular flexibility index (Phi) is 5.47. The molecule has 1 atom stereocenters. The van der Waals surface area contributed by atoms with Crippen molar-refractivity contribution < 1.29 is 4.79 Å². The van der Waals surface area contributed by atoms with Crippen LogP contribution in [-0.2, 0) is 10.2 Å². The van der Waals surface area contributed by atoms with Crippen molar-refractivity contribution in [2.45, 2.75) is 45.1 Å². The first-order valence-electron chi connectivity index (χ1n) is 6.74. The zero-order chi connectivity index (χ0) is 14.2. The van der Waals surface area contributed by atoms with Crippen molar-refractivity contribution >= 4 is 35.6 Å². The molecule has 0 fully saturated rings. The van der Waals surface area contributed by atoms with Crippen molar-refractivity contribution in [2.24, 2.45) is 5.73 Å². The van der Waals surface area contributed by atoms with Gasteiger partial charge in [0.25, 0.3) is 0 Å². The topological polar surface area (TPSA) is 46.3 Å². The van der Waals surface area contributed by atoms with Gasteiger partial charge >= 0.3 is 0 Å². The fraction of sp³-hybridized carbons (Fsp3) is 0.533. The quantitative estimate of drug-likeness (QED) is 0.927. The molecule has 3 nitrogen and oxygen atoms in total. The van der Waals surface area contributed by atoms with Crippen LogP contribution >= 0.6 is 24.0 Å². The van der Waals surface area contributed by atoms with E-state index in [2.05, 4.69) is 13.8 Å². The first-order valence-corrected chi connectivity index (χ1v) is 7.12. The number of hydrogen-bond donors (Lipinski definition) is 1. The SMILES string of the molecule is CCCC(N)C(=O)N1CC(C)(C)c2c(Cl)cccc21.Cl. The minimum atomic E-state index is -0.425. The Labute approximate surface area is 131 Å². The van der Waals surface area contributed by atoms with E-state index in [0.29, 0.717) is 13.0 Å². The Hall–Kier alpha value is -0.770.